The van der Waals surface area contributed by atoms with Crippen LogP contribution in [0.25, 0.3) is 0 Å². The number of para-hydroxylation sites is 1. The van der Waals surface area contributed by atoms with E-state index in [1.807, 2.05) is 26.0 Å². The van der Waals surface area contributed by atoms with E-state index in [-0.39, 0.29) is 24.3 Å². The third kappa shape index (κ3) is 5.74. The molecule has 0 saturated carbocycles. The lowest BCUT2D eigenvalue weighted by molar-refractivity contribution is -0.121. The molecule has 0 saturated heterocycles. The fourth-order valence-electron chi connectivity index (χ4n) is 2.99. The van der Waals surface area contributed by atoms with E-state index < -0.39 is 30.7 Å². The van der Waals surface area contributed by atoms with Gasteiger partial charge in [-0.3, -0.25) is 4.79 Å². The predicted molar refractivity (Wildman–Crippen MR) is 109 cm³/mol. The number of carboxylic acids is 1. The number of nitrogens with two attached hydrogens (primary N) is 1. The number of rotatable bonds is 9. The van der Waals surface area contributed by atoms with Crippen molar-refractivity contribution in [2.24, 2.45) is 5.92 Å². The normalized spacial score (nSPS) is 15.5. The molecule has 2 rings (SSSR count). The van der Waals surface area contributed by atoms with Crippen molar-refractivity contribution in [3.05, 3.63) is 59.2 Å². The summed E-state index contributed by atoms with van der Waals surface area (Å²) < 4.78 is 42.0. The molecular weight excluding hydrogens is 356 g/mol. The number of carbonyl (C=O) groups is 2. The van der Waals surface area contributed by atoms with Gasteiger partial charge >= 0.3 is 5.97 Å². The van der Waals surface area contributed by atoms with Crippen molar-refractivity contribution in [3.8, 4) is 5.75 Å². The molecule has 0 radical (unpaired) electrons. The van der Waals surface area contributed by atoms with Gasteiger partial charge in [0.25, 0.3) is 0 Å². The number of ether oxygens (including phenoxy) is 1. The Bertz CT molecular complexity index is 1010. The highest BCUT2D eigenvalue weighted by molar-refractivity contribution is 5.91. The molecular formula is C22H28N2O4. The van der Waals surface area contributed by atoms with Crippen molar-refractivity contribution in [1.82, 2.24) is 5.32 Å². The number of anilines is 1. The number of hydrogen-bond acceptors (Lipinski definition) is 4. The second-order valence-corrected chi connectivity index (χ2v) is 6.90. The van der Waals surface area contributed by atoms with Gasteiger partial charge in [0, 0.05) is 9.80 Å². The van der Waals surface area contributed by atoms with Gasteiger partial charge in [-0.1, -0.05) is 38.1 Å². The van der Waals surface area contributed by atoms with Gasteiger partial charge in [0.15, 0.2) is 0 Å². The molecule has 0 fully saturated rings. The molecule has 4 N–H and O–H groups in total. The fourth-order valence-corrected chi connectivity index (χ4v) is 2.99. The van der Waals surface area contributed by atoms with Gasteiger partial charge < -0.3 is 20.9 Å². The van der Waals surface area contributed by atoms with E-state index in [0.717, 1.165) is 11.6 Å². The number of nitrogens with one attached hydrogen (secondary N) is 1. The molecule has 150 valence electrons. The van der Waals surface area contributed by atoms with E-state index in [4.69, 9.17) is 17.3 Å². The summed E-state index contributed by atoms with van der Waals surface area (Å²) in [4.78, 5) is 24.3. The quantitative estimate of drug-likeness (QED) is 0.566. The SMILES string of the molecule is [2H]C([2H])([2H])C([2H])([2H])Oc1cc(CC(=O)N[C@@H](CC(C)C)c2ccccc2N)ccc1C(=O)O. The summed E-state index contributed by atoms with van der Waals surface area (Å²) in [5.74, 6) is -1.98. The number of hydrogen-bond donors (Lipinski definition) is 3. The smallest absolute Gasteiger partial charge is 0.339 e. The molecule has 0 unspecified atom stereocenters. The van der Waals surface area contributed by atoms with E-state index in [0.29, 0.717) is 17.7 Å². The van der Waals surface area contributed by atoms with E-state index >= 15 is 0 Å². The fraction of sp³-hybridized carbons (Fsp3) is 0.364. The van der Waals surface area contributed by atoms with Crippen molar-refractivity contribution >= 4 is 17.6 Å². The highest BCUT2D eigenvalue weighted by Gasteiger charge is 2.19. The van der Waals surface area contributed by atoms with E-state index in [1.165, 1.54) is 12.1 Å². The topological polar surface area (TPSA) is 102 Å². The van der Waals surface area contributed by atoms with Crippen LogP contribution in [0.2, 0.25) is 0 Å². The van der Waals surface area contributed by atoms with E-state index in [9.17, 15) is 14.7 Å². The Labute approximate surface area is 172 Å². The molecule has 0 bridgehead atoms. The Kier molecular flexibility index (Phi) is 5.23. The standard InChI is InChI=1S/C22H28N2O4/c1-4-28-20-12-15(9-10-17(20)22(26)27)13-21(25)24-19(11-14(2)3)16-7-5-6-8-18(16)23/h5-10,12,14,19H,4,11,13,23H2,1-3H3,(H,24,25)(H,26,27)/t19-/m0/s1/i1D3,4D2. The van der Waals surface area contributed by atoms with Crippen LogP contribution in [-0.2, 0) is 11.2 Å². The van der Waals surface area contributed by atoms with Gasteiger partial charge in [-0.05, 0) is 48.5 Å². The van der Waals surface area contributed by atoms with Gasteiger partial charge in [0.2, 0.25) is 5.91 Å². The summed E-state index contributed by atoms with van der Waals surface area (Å²) in [5.41, 5.74) is 7.34. The lowest BCUT2D eigenvalue weighted by atomic mass is 9.95. The first-order chi connectivity index (χ1) is 15.2. The Morgan fingerprint density at radius 1 is 1.29 bits per heavy atom. The molecule has 0 aromatic heterocycles. The van der Waals surface area contributed by atoms with Crippen LogP contribution in [-0.4, -0.2) is 23.5 Å². The second kappa shape index (κ2) is 9.78. The van der Waals surface area contributed by atoms with Crippen LogP contribution in [0.5, 0.6) is 5.75 Å². The summed E-state index contributed by atoms with van der Waals surface area (Å²) in [6.45, 7) is -2.22. The van der Waals surface area contributed by atoms with E-state index in [2.05, 4.69) is 5.32 Å². The van der Waals surface area contributed by atoms with Crippen LogP contribution in [0.4, 0.5) is 5.69 Å². The zero-order chi connectivity index (χ0) is 25.0. The minimum Gasteiger partial charge on any atom is -0.493 e. The second-order valence-electron chi connectivity index (χ2n) is 6.90. The van der Waals surface area contributed by atoms with Crippen LogP contribution in [0, 0.1) is 5.92 Å². The minimum atomic E-state index is -3.14. The summed E-state index contributed by atoms with van der Waals surface area (Å²) in [5, 5.41) is 12.3. The van der Waals surface area contributed by atoms with Gasteiger partial charge in [0.05, 0.1) is 21.8 Å². The summed E-state index contributed by atoms with van der Waals surface area (Å²) in [6, 6.07) is 10.6. The van der Waals surface area contributed by atoms with Gasteiger partial charge in [-0.25, -0.2) is 4.79 Å². The number of amides is 1. The summed E-state index contributed by atoms with van der Waals surface area (Å²) in [7, 11) is 0. The maximum atomic E-state index is 12.8. The molecule has 0 aliphatic heterocycles. The Morgan fingerprint density at radius 2 is 2.04 bits per heavy atom. The van der Waals surface area contributed by atoms with Gasteiger partial charge in [-0.2, -0.15) is 0 Å². The number of nitrogen functional groups attached to an aromatic ring is 1. The average molecular weight is 390 g/mol. The van der Waals surface area contributed by atoms with Crippen LogP contribution < -0.4 is 15.8 Å². The zero-order valence-corrected chi connectivity index (χ0v) is 15.9. The lowest BCUT2D eigenvalue weighted by Gasteiger charge is -2.22. The number of benzene rings is 2. The third-order valence-corrected chi connectivity index (χ3v) is 4.22. The first-order valence-corrected chi connectivity index (χ1v) is 8.90. The molecule has 0 heterocycles. The minimum absolute atomic E-state index is 0.158. The number of carboxylic acid groups (broad SMARTS) is 1. The summed E-state index contributed by atoms with van der Waals surface area (Å²) in [6.07, 6.45) is 0.486. The van der Waals surface area contributed by atoms with Crippen molar-refractivity contribution in [3.63, 3.8) is 0 Å². The average Bonchev–Trinajstić information content (AvgIpc) is 2.66. The largest absolute Gasteiger partial charge is 0.493 e. The van der Waals surface area contributed by atoms with Crippen molar-refractivity contribution < 1.29 is 26.3 Å². The maximum absolute atomic E-state index is 12.8. The molecule has 0 aliphatic rings. The molecule has 2 aromatic rings. The monoisotopic (exact) mass is 389 g/mol. The van der Waals surface area contributed by atoms with Crippen molar-refractivity contribution in [2.45, 2.75) is 39.6 Å². The Balaban J connectivity index is 2.27. The predicted octanol–water partition coefficient (Wildman–Crippen LogP) is 3.81. The van der Waals surface area contributed by atoms with E-state index in [1.54, 1.807) is 12.1 Å². The molecule has 0 spiro atoms. The molecule has 0 aliphatic carbocycles. The first-order valence-electron chi connectivity index (χ1n) is 11.4. The van der Waals surface area contributed by atoms with Crippen molar-refractivity contribution in [1.29, 1.82) is 0 Å². The molecule has 2 aromatic carbocycles. The Hall–Kier alpha value is -3.02. The van der Waals surface area contributed by atoms with Crippen LogP contribution in [0.3, 0.4) is 0 Å². The lowest BCUT2D eigenvalue weighted by Crippen LogP contribution is -2.31. The highest BCUT2D eigenvalue weighted by atomic mass is 16.5. The molecule has 6 nitrogen and oxygen atoms in total. The first kappa shape index (κ1) is 15.0. The van der Waals surface area contributed by atoms with Crippen LogP contribution >= 0.6 is 0 Å². The molecule has 28 heavy (non-hydrogen) atoms. The van der Waals surface area contributed by atoms with Crippen LogP contribution in [0.15, 0.2) is 42.5 Å². The zero-order valence-electron chi connectivity index (χ0n) is 20.9. The Morgan fingerprint density at radius 3 is 2.68 bits per heavy atom. The van der Waals surface area contributed by atoms with Gasteiger partial charge in [0.1, 0.15) is 11.3 Å². The van der Waals surface area contributed by atoms with Crippen molar-refractivity contribution in [2.75, 3.05) is 12.3 Å². The third-order valence-electron chi connectivity index (χ3n) is 4.22. The highest BCUT2D eigenvalue weighted by Crippen LogP contribution is 2.26. The maximum Gasteiger partial charge on any atom is 0.339 e. The molecule has 1 amide bonds. The number of aromatic carboxylic acids is 1. The number of carbonyl (C=O) groups excluding carboxylic acids is 1. The summed E-state index contributed by atoms with van der Waals surface area (Å²) >= 11 is 0. The molecule has 1 atom stereocenters. The van der Waals surface area contributed by atoms with Crippen LogP contribution in [0.1, 0.15) is 61.5 Å². The van der Waals surface area contributed by atoms with Gasteiger partial charge in [-0.15, -0.1) is 0 Å². The molecule has 6 heteroatoms.